The van der Waals surface area contributed by atoms with Gasteiger partial charge >= 0.3 is 0 Å². The smallest absolute Gasteiger partial charge is 0.164 e. The van der Waals surface area contributed by atoms with Crippen molar-refractivity contribution in [2.75, 3.05) is 0 Å². The van der Waals surface area contributed by atoms with Crippen LogP contribution in [0.25, 0.3) is 106 Å². The zero-order valence-electron chi connectivity index (χ0n) is 39.4. The highest BCUT2D eigenvalue weighted by Gasteiger charge is 2.20. The number of fused-ring (bicyclic) bond motifs is 6. The van der Waals surface area contributed by atoms with Gasteiger partial charge in [0.15, 0.2) is 17.5 Å². The van der Waals surface area contributed by atoms with Crippen LogP contribution in [0.3, 0.4) is 0 Å². The van der Waals surface area contributed by atoms with Crippen LogP contribution in [-0.4, -0.2) is 19.5 Å². The monoisotopic (exact) mass is 726 g/mol. The lowest BCUT2D eigenvalue weighted by Crippen LogP contribution is -2.00. The average Bonchev–Trinajstić information content (AvgIpc) is 3.90. The Labute approximate surface area is 336 Å². The molecule has 56 heavy (non-hydrogen) atoms. The molecule has 0 atom stereocenters. The second-order valence-corrected chi connectivity index (χ2v) is 13.2. The zero-order valence-corrected chi connectivity index (χ0v) is 29.4. The Hall–Kier alpha value is -7.63. The highest BCUT2D eigenvalue weighted by atomic mass is 16.3. The molecular formula is C51H32N4O. The molecule has 0 fully saturated rings. The van der Waals surface area contributed by atoms with Gasteiger partial charge in [-0.1, -0.05) is 158 Å². The fourth-order valence-electron chi connectivity index (χ4n) is 7.34. The van der Waals surface area contributed by atoms with Gasteiger partial charge in [0.1, 0.15) is 11.2 Å². The molecule has 0 spiro atoms. The summed E-state index contributed by atoms with van der Waals surface area (Å²) in [5, 5.41) is 1.82. The van der Waals surface area contributed by atoms with Crippen molar-refractivity contribution in [3.05, 3.63) is 194 Å². The number of nitrogens with zero attached hydrogens (tertiary/aromatic N) is 4. The molecule has 262 valence electrons. The molecule has 0 saturated carbocycles. The molecular weight excluding hydrogens is 685 g/mol. The summed E-state index contributed by atoms with van der Waals surface area (Å²) < 4.78 is 99.2. The lowest BCUT2D eigenvalue weighted by atomic mass is 9.95. The molecule has 5 heteroatoms. The summed E-state index contributed by atoms with van der Waals surface area (Å²) in [6.45, 7) is 0. The lowest BCUT2D eigenvalue weighted by Gasteiger charge is -2.17. The SMILES string of the molecule is [2H]c1cc([2H])c2c(c1[2H])c1c([2H])c([2H])cc([2H])c1n2-c1ccc(-c2c([2H])c([2H])c([2H])c(-c3nc(-c4ccccc4)nc(-c4ccccc4)n3)c2[2H])cc1-c1cccc2c1oc1ccccc12. The molecule has 0 aliphatic rings. The maximum Gasteiger partial charge on any atom is 0.164 e. The molecule has 0 amide bonds. The Balaban J connectivity index is 1.23. The van der Waals surface area contributed by atoms with Crippen LogP contribution < -0.4 is 0 Å². The normalized spacial score (nSPS) is 14.1. The Morgan fingerprint density at radius 2 is 1.04 bits per heavy atom. The maximum atomic E-state index is 9.81. The van der Waals surface area contributed by atoms with Crippen LogP contribution >= 0.6 is 0 Å². The fourth-order valence-corrected chi connectivity index (χ4v) is 7.34. The Kier molecular flexibility index (Phi) is 5.41. The highest BCUT2D eigenvalue weighted by Crippen LogP contribution is 2.42. The number of benzene rings is 8. The predicted molar refractivity (Wildman–Crippen MR) is 229 cm³/mol. The van der Waals surface area contributed by atoms with E-state index in [1.165, 1.54) is 12.1 Å². The Bertz CT molecular complexity index is 3710. The van der Waals surface area contributed by atoms with Crippen LogP contribution in [0.5, 0.6) is 0 Å². The van der Waals surface area contributed by atoms with Crippen molar-refractivity contribution >= 4 is 43.7 Å². The summed E-state index contributed by atoms with van der Waals surface area (Å²) >= 11 is 0. The summed E-state index contributed by atoms with van der Waals surface area (Å²) in [6, 6.07) is 36.5. The van der Waals surface area contributed by atoms with E-state index >= 15 is 0 Å². The molecule has 0 unspecified atom stereocenters. The van der Waals surface area contributed by atoms with Gasteiger partial charge in [0.05, 0.1) is 30.4 Å². The van der Waals surface area contributed by atoms with Crippen molar-refractivity contribution in [2.45, 2.75) is 0 Å². The second-order valence-electron chi connectivity index (χ2n) is 13.2. The number of aromatic nitrogens is 4. The molecule has 0 N–H and O–H groups in total. The van der Waals surface area contributed by atoms with Crippen molar-refractivity contribution in [1.82, 2.24) is 19.5 Å². The molecule has 5 nitrogen and oxygen atoms in total. The van der Waals surface area contributed by atoms with E-state index < -0.39 is 12.1 Å². The third-order valence-electron chi connectivity index (χ3n) is 9.90. The van der Waals surface area contributed by atoms with E-state index in [1.54, 1.807) is 22.8 Å². The summed E-state index contributed by atoms with van der Waals surface area (Å²) in [4.78, 5) is 14.3. The van der Waals surface area contributed by atoms with Gasteiger partial charge in [0.25, 0.3) is 0 Å². The van der Waals surface area contributed by atoms with Crippen molar-refractivity contribution in [3.63, 3.8) is 0 Å². The van der Waals surface area contributed by atoms with Crippen LogP contribution in [0.2, 0.25) is 0 Å². The van der Waals surface area contributed by atoms with Gasteiger partial charge in [0.2, 0.25) is 0 Å². The number of rotatable bonds is 6. The first-order valence-corrected chi connectivity index (χ1v) is 18.0. The van der Waals surface area contributed by atoms with Crippen LogP contribution in [0.4, 0.5) is 0 Å². The van der Waals surface area contributed by atoms with Crippen molar-refractivity contribution in [2.24, 2.45) is 0 Å². The number of hydrogen-bond acceptors (Lipinski definition) is 4. The van der Waals surface area contributed by atoms with Crippen molar-refractivity contribution in [1.29, 1.82) is 0 Å². The van der Waals surface area contributed by atoms with E-state index in [9.17, 15) is 6.85 Å². The number of furan rings is 1. The molecule has 3 heterocycles. The fraction of sp³-hybridized carbons (Fsp3) is 0. The summed E-state index contributed by atoms with van der Waals surface area (Å²) in [5.41, 5.74) is 4.39. The molecule has 3 aromatic heterocycles. The van der Waals surface area contributed by atoms with Gasteiger partial charge in [0, 0.05) is 49.4 Å². The molecule has 0 bridgehead atoms. The topological polar surface area (TPSA) is 56.7 Å². The van der Waals surface area contributed by atoms with E-state index in [2.05, 4.69) is 0 Å². The maximum absolute atomic E-state index is 9.81. The summed E-state index contributed by atoms with van der Waals surface area (Å²) in [7, 11) is 0. The first kappa shape index (κ1) is 23.2. The third-order valence-corrected chi connectivity index (χ3v) is 9.90. The molecule has 11 rings (SSSR count). The van der Waals surface area contributed by atoms with Crippen LogP contribution in [-0.2, 0) is 0 Å². The van der Waals surface area contributed by atoms with Crippen molar-refractivity contribution in [3.8, 4) is 62.1 Å². The molecule has 0 radical (unpaired) electrons. The average molecular weight is 727 g/mol. The molecule has 11 aromatic rings. The molecule has 0 aliphatic heterocycles. The van der Waals surface area contributed by atoms with Crippen LogP contribution in [0.1, 0.15) is 13.7 Å². The third kappa shape index (κ3) is 5.29. The van der Waals surface area contributed by atoms with Crippen LogP contribution in [0, 0.1) is 0 Å². The number of hydrogen-bond donors (Lipinski definition) is 0. The molecule has 8 aromatic carbocycles. The highest BCUT2D eigenvalue weighted by molar-refractivity contribution is 6.12. The van der Waals surface area contributed by atoms with Gasteiger partial charge in [-0.15, -0.1) is 0 Å². The molecule has 0 saturated heterocycles. The zero-order chi connectivity index (χ0) is 45.7. The Morgan fingerprint density at radius 3 is 1.73 bits per heavy atom. The van der Waals surface area contributed by atoms with E-state index in [0.717, 1.165) is 10.8 Å². The Morgan fingerprint density at radius 1 is 0.429 bits per heavy atom. The van der Waals surface area contributed by atoms with E-state index in [4.69, 9.17) is 26.2 Å². The van der Waals surface area contributed by atoms with E-state index in [-0.39, 0.29) is 87.1 Å². The second kappa shape index (κ2) is 13.0. The standard InChI is InChI=1S/C51H32N4O/c1-3-15-33(16-4-1)49-52-50(34-17-5-2-6-18-34)54-51(53-49)37-20-13-19-35(31-37)36-29-30-46(55-44-26-10-7-21-38(44)39-22-8-11-27-45(39)55)43(32-36)42-25-14-24-41-40-23-9-12-28-47(40)56-48(41)42/h1-32H/i7D,8D,13D,19D,20D,21D,22D,26D,27D,31D. The minimum absolute atomic E-state index is 0.0164. The van der Waals surface area contributed by atoms with Crippen LogP contribution in [0.15, 0.2) is 198 Å². The minimum atomic E-state index is -0.451. The first-order valence-electron chi connectivity index (χ1n) is 23.0. The quantitative estimate of drug-likeness (QED) is 0.171. The summed E-state index contributed by atoms with van der Waals surface area (Å²) in [6.07, 6.45) is 0. The van der Waals surface area contributed by atoms with E-state index in [0.29, 0.717) is 56.3 Å². The van der Waals surface area contributed by atoms with Gasteiger partial charge in [-0.2, -0.15) is 0 Å². The van der Waals surface area contributed by atoms with Gasteiger partial charge in [-0.25, -0.2) is 15.0 Å². The predicted octanol–water partition coefficient (Wildman–Crippen LogP) is 13.2. The lowest BCUT2D eigenvalue weighted by molar-refractivity contribution is 0.670. The van der Waals surface area contributed by atoms with Gasteiger partial charge in [-0.3, -0.25) is 0 Å². The largest absolute Gasteiger partial charge is 0.455 e. The molecule has 0 aliphatic carbocycles. The summed E-state index contributed by atoms with van der Waals surface area (Å²) in [5.74, 6) is 0.567. The van der Waals surface area contributed by atoms with Gasteiger partial charge < -0.3 is 8.98 Å². The minimum Gasteiger partial charge on any atom is -0.455 e. The van der Waals surface area contributed by atoms with E-state index in [1.807, 2.05) is 103 Å². The number of para-hydroxylation sites is 4. The van der Waals surface area contributed by atoms with Crippen molar-refractivity contribution < 1.29 is 18.1 Å². The first-order chi connectivity index (χ1) is 31.9. The van der Waals surface area contributed by atoms with Gasteiger partial charge in [-0.05, 0) is 47.5 Å².